The Bertz CT molecular complexity index is 551. The van der Waals surface area contributed by atoms with E-state index in [-0.39, 0.29) is 11.5 Å². The van der Waals surface area contributed by atoms with E-state index in [1.807, 2.05) is 12.3 Å². The maximum Gasteiger partial charge on any atom is 0.203 e. The summed E-state index contributed by atoms with van der Waals surface area (Å²) in [7, 11) is 0. The fourth-order valence-corrected chi connectivity index (χ4v) is 1.84. The molecule has 2 aromatic rings. The van der Waals surface area contributed by atoms with Gasteiger partial charge in [-0.2, -0.15) is 5.10 Å². The van der Waals surface area contributed by atoms with E-state index in [9.17, 15) is 5.11 Å². The highest BCUT2D eigenvalue weighted by atomic mass is 32.1. The molecule has 5 nitrogen and oxygen atoms in total. The van der Waals surface area contributed by atoms with Gasteiger partial charge in [-0.25, -0.2) is 4.98 Å². The standard InChI is InChI=1S/C11H11N3O2S/c1-7-6-17-11(13-7)14-12-5-8-2-3-9(15)4-10(8)16/h2-6,15-16H,1H3,(H,13,14). The first-order chi connectivity index (χ1) is 8.15. The first kappa shape index (κ1) is 11.4. The zero-order valence-corrected chi connectivity index (χ0v) is 9.90. The number of hydrogen-bond donors (Lipinski definition) is 3. The second-order valence-electron chi connectivity index (χ2n) is 3.41. The monoisotopic (exact) mass is 249 g/mol. The van der Waals surface area contributed by atoms with Crippen LogP contribution < -0.4 is 5.43 Å². The molecular formula is C11H11N3O2S. The molecule has 0 fully saturated rings. The lowest BCUT2D eigenvalue weighted by molar-refractivity contribution is 0.450. The number of phenolic OH excluding ortho intramolecular Hbond substituents is 2. The molecule has 0 aliphatic heterocycles. The van der Waals surface area contributed by atoms with Crippen LogP contribution in [0.15, 0.2) is 28.7 Å². The molecule has 3 N–H and O–H groups in total. The number of rotatable bonds is 3. The number of aromatic hydroxyl groups is 2. The van der Waals surface area contributed by atoms with Crippen molar-refractivity contribution in [1.29, 1.82) is 0 Å². The number of hydrogen-bond acceptors (Lipinski definition) is 6. The van der Waals surface area contributed by atoms with E-state index in [0.29, 0.717) is 10.7 Å². The average Bonchev–Trinajstić information content (AvgIpc) is 2.68. The molecule has 0 bridgehead atoms. The molecule has 1 heterocycles. The summed E-state index contributed by atoms with van der Waals surface area (Å²) >= 11 is 1.45. The third kappa shape index (κ3) is 2.94. The number of benzene rings is 1. The van der Waals surface area contributed by atoms with Crippen LogP contribution in [0, 0.1) is 6.92 Å². The summed E-state index contributed by atoms with van der Waals surface area (Å²) in [6, 6.07) is 4.31. The molecule has 0 atom stereocenters. The van der Waals surface area contributed by atoms with Gasteiger partial charge in [0.25, 0.3) is 0 Å². The quantitative estimate of drug-likeness (QED) is 0.576. The molecule has 88 valence electrons. The Balaban J connectivity index is 2.05. The van der Waals surface area contributed by atoms with Crippen molar-refractivity contribution < 1.29 is 10.2 Å². The average molecular weight is 249 g/mol. The highest BCUT2D eigenvalue weighted by molar-refractivity contribution is 7.13. The molecule has 0 aliphatic rings. The van der Waals surface area contributed by atoms with E-state index in [2.05, 4.69) is 15.5 Å². The largest absolute Gasteiger partial charge is 0.508 e. The Hall–Kier alpha value is -2.08. The molecule has 0 radical (unpaired) electrons. The molecule has 6 heteroatoms. The number of phenols is 2. The predicted octanol–water partition coefficient (Wildman–Crippen LogP) is 2.31. The fourth-order valence-electron chi connectivity index (χ4n) is 1.20. The van der Waals surface area contributed by atoms with Crippen molar-refractivity contribution in [2.45, 2.75) is 6.92 Å². The van der Waals surface area contributed by atoms with Crippen LogP contribution in [0.25, 0.3) is 0 Å². The fraction of sp³-hybridized carbons (Fsp3) is 0.0909. The summed E-state index contributed by atoms with van der Waals surface area (Å²) in [5.41, 5.74) is 4.21. The highest BCUT2D eigenvalue weighted by Gasteiger charge is 1.99. The molecule has 0 unspecified atom stereocenters. The molecular weight excluding hydrogens is 238 g/mol. The van der Waals surface area contributed by atoms with E-state index in [1.165, 1.54) is 29.7 Å². The minimum atomic E-state index is -0.0223. The van der Waals surface area contributed by atoms with Crippen LogP contribution in [0.4, 0.5) is 5.13 Å². The topological polar surface area (TPSA) is 77.7 Å². The van der Waals surface area contributed by atoms with Gasteiger partial charge in [0.15, 0.2) is 0 Å². The van der Waals surface area contributed by atoms with E-state index in [0.717, 1.165) is 5.69 Å². The second-order valence-corrected chi connectivity index (χ2v) is 4.27. The molecule has 2 rings (SSSR count). The van der Waals surface area contributed by atoms with Gasteiger partial charge in [-0.3, -0.25) is 5.43 Å². The Morgan fingerprint density at radius 3 is 2.88 bits per heavy atom. The van der Waals surface area contributed by atoms with Gasteiger partial charge in [0.05, 0.1) is 11.9 Å². The third-order valence-corrected chi connectivity index (χ3v) is 2.86. The molecule has 0 spiro atoms. The lowest BCUT2D eigenvalue weighted by atomic mass is 10.2. The summed E-state index contributed by atoms with van der Waals surface area (Å²) in [4.78, 5) is 4.17. The summed E-state index contributed by atoms with van der Waals surface area (Å²) in [6.07, 6.45) is 1.46. The molecule has 0 aliphatic carbocycles. The number of aromatic nitrogens is 1. The van der Waals surface area contributed by atoms with E-state index >= 15 is 0 Å². The van der Waals surface area contributed by atoms with E-state index < -0.39 is 0 Å². The highest BCUT2D eigenvalue weighted by Crippen LogP contribution is 2.21. The van der Waals surface area contributed by atoms with Crippen LogP contribution in [0.2, 0.25) is 0 Å². The van der Waals surface area contributed by atoms with Crippen molar-refractivity contribution >= 4 is 22.7 Å². The first-order valence-electron chi connectivity index (χ1n) is 4.88. The van der Waals surface area contributed by atoms with Crippen LogP contribution >= 0.6 is 11.3 Å². The number of nitrogens with one attached hydrogen (secondary N) is 1. The van der Waals surface area contributed by atoms with Crippen LogP contribution in [-0.2, 0) is 0 Å². The molecule has 0 saturated carbocycles. The molecule has 17 heavy (non-hydrogen) atoms. The number of hydrazone groups is 1. The van der Waals surface area contributed by atoms with E-state index in [1.54, 1.807) is 6.07 Å². The number of thiazole rings is 1. The smallest absolute Gasteiger partial charge is 0.203 e. The minimum absolute atomic E-state index is 0.0168. The van der Waals surface area contributed by atoms with Crippen LogP contribution in [-0.4, -0.2) is 21.4 Å². The summed E-state index contributed by atoms with van der Waals surface area (Å²) in [5.74, 6) is -0.00553. The van der Waals surface area contributed by atoms with Gasteiger partial charge in [0.1, 0.15) is 11.5 Å². The summed E-state index contributed by atoms with van der Waals surface area (Å²) < 4.78 is 0. The van der Waals surface area contributed by atoms with Crippen molar-refractivity contribution in [3.8, 4) is 11.5 Å². The van der Waals surface area contributed by atoms with Gasteiger partial charge in [0.2, 0.25) is 5.13 Å². The zero-order valence-electron chi connectivity index (χ0n) is 9.08. The molecule has 1 aromatic heterocycles. The van der Waals surface area contributed by atoms with Crippen molar-refractivity contribution in [1.82, 2.24) is 4.98 Å². The number of aryl methyl sites for hydroxylation is 1. The van der Waals surface area contributed by atoms with Crippen molar-refractivity contribution in [3.05, 3.63) is 34.8 Å². The Morgan fingerprint density at radius 1 is 1.41 bits per heavy atom. The van der Waals surface area contributed by atoms with Crippen LogP contribution in [0.3, 0.4) is 0 Å². The molecule has 0 amide bonds. The van der Waals surface area contributed by atoms with Crippen molar-refractivity contribution in [2.75, 3.05) is 5.43 Å². The lowest BCUT2D eigenvalue weighted by Crippen LogP contribution is -1.90. The Morgan fingerprint density at radius 2 is 2.24 bits per heavy atom. The SMILES string of the molecule is Cc1csc(NN=Cc2ccc(O)cc2O)n1. The first-order valence-corrected chi connectivity index (χ1v) is 5.76. The minimum Gasteiger partial charge on any atom is -0.508 e. The Labute approximate surface area is 102 Å². The molecule has 0 saturated heterocycles. The van der Waals surface area contributed by atoms with Gasteiger partial charge in [-0.05, 0) is 19.1 Å². The van der Waals surface area contributed by atoms with Crippen molar-refractivity contribution in [2.24, 2.45) is 5.10 Å². The van der Waals surface area contributed by atoms with Crippen LogP contribution in [0.1, 0.15) is 11.3 Å². The van der Waals surface area contributed by atoms with Crippen LogP contribution in [0.5, 0.6) is 11.5 Å². The predicted molar refractivity (Wildman–Crippen MR) is 67.8 cm³/mol. The van der Waals surface area contributed by atoms with Gasteiger partial charge in [0, 0.05) is 17.0 Å². The van der Waals surface area contributed by atoms with E-state index in [4.69, 9.17) is 5.11 Å². The Kier molecular flexibility index (Phi) is 3.24. The number of anilines is 1. The zero-order chi connectivity index (χ0) is 12.3. The molecule has 1 aromatic carbocycles. The summed E-state index contributed by atoms with van der Waals surface area (Å²) in [6.45, 7) is 1.90. The van der Waals surface area contributed by atoms with Gasteiger partial charge < -0.3 is 10.2 Å². The van der Waals surface area contributed by atoms with Crippen molar-refractivity contribution in [3.63, 3.8) is 0 Å². The maximum absolute atomic E-state index is 9.50. The number of nitrogens with zero attached hydrogens (tertiary/aromatic N) is 2. The van der Waals surface area contributed by atoms with Gasteiger partial charge in [-0.1, -0.05) is 0 Å². The normalized spacial score (nSPS) is 10.9. The second kappa shape index (κ2) is 4.84. The van der Waals surface area contributed by atoms with Gasteiger partial charge >= 0.3 is 0 Å². The summed E-state index contributed by atoms with van der Waals surface area (Å²) in [5, 5.41) is 25.2. The lowest BCUT2D eigenvalue weighted by Gasteiger charge is -1.99. The van der Waals surface area contributed by atoms with Gasteiger partial charge in [-0.15, -0.1) is 11.3 Å². The maximum atomic E-state index is 9.50. The third-order valence-electron chi connectivity index (χ3n) is 2.00.